The minimum absolute atomic E-state index is 0.119. The lowest BCUT2D eigenvalue weighted by Crippen LogP contribution is -2.65. The summed E-state index contributed by atoms with van der Waals surface area (Å²) in [6, 6.07) is 7.22. The fourth-order valence-corrected chi connectivity index (χ4v) is 4.82. The van der Waals surface area contributed by atoms with E-state index in [2.05, 4.69) is 0 Å². The molecule has 2 heterocycles. The Labute approximate surface area is 260 Å². The molecule has 0 aliphatic carbocycles. The molecule has 0 amide bonds. The Morgan fingerprint density at radius 2 is 1.39 bits per heavy atom. The molecule has 17 heteroatoms. The highest BCUT2D eigenvalue weighted by Crippen LogP contribution is 2.33. The van der Waals surface area contributed by atoms with Crippen molar-refractivity contribution in [3.63, 3.8) is 0 Å². The van der Waals surface area contributed by atoms with Crippen LogP contribution in [0.5, 0.6) is 23.0 Å². The molecule has 0 bridgehead atoms. The second-order valence-electron chi connectivity index (χ2n) is 10.6. The van der Waals surface area contributed by atoms with E-state index in [1.54, 1.807) is 0 Å². The summed E-state index contributed by atoms with van der Waals surface area (Å²) >= 11 is 0. The zero-order valence-corrected chi connectivity index (χ0v) is 24.0. The molecule has 2 fully saturated rings. The highest BCUT2D eigenvalue weighted by molar-refractivity contribution is 5.87. The van der Waals surface area contributed by atoms with E-state index in [1.807, 2.05) is 0 Å². The van der Waals surface area contributed by atoms with Gasteiger partial charge in [-0.25, -0.2) is 4.79 Å². The molecule has 17 nitrogen and oxygen atoms in total. The van der Waals surface area contributed by atoms with Crippen molar-refractivity contribution in [1.82, 2.24) is 0 Å². The van der Waals surface area contributed by atoms with Gasteiger partial charge in [0.2, 0.25) is 0 Å². The van der Waals surface area contributed by atoms with Gasteiger partial charge in [0.15, 0.2) is 41.7 Å². The molecule has 0 aromatic heterocycles. The third kappa shape index (κ3) is 8.03. The summed E-state index contributed by atoms with van der Waals surface area (Å²) in [5.41, 5.74) is 0.406. The molecule has 2 saturated heterocycles. The lowest BCUT2D eigenvalue weighted by Gasteiger charge is -2.46. The highest BCUT2D eigenvalue weighted by Gasteiger charge is 2.52. The number of rotatable bonds is 11. The fraction of sp³-hybridized carbons (Fsp3) is 0.483. The van der Waals surface area contributed by atoms with Crippen LogP contribution in [-0.2, 0) is 28.5 Å². The van der Waals surface area contributed by atoms with Crippen molar-refractivity contribution in [3.05, 3.63) is 53.6 Å². The van der Waals surface area contributed by atoms with Crippen molar-refractivity contribution in [2.45, 2.75) is 67.5 Å². The third-order valence-electron chi connectivity index (χ3n) is 7.40. The van der Waals surface area contributed by atoms with Crippen LogP contribution in [0, 0.1) is 0 Å². The van der Waals surface area contributed by atoms with Crippen LogP contribution in [0.25, 0.3) is 6.08 Å². The molecule has 1 unspecified atom stereocenters. The van der Waals surface area contributed by atoms with E-state index in [9.17, 15) is 61.0 Å². The van der Waals surface area contributed by atoms with E-state index in [1.165, 1.54) is 24.3 Å². The van der Waals surface area contributed by atoms with Gasteiger partial charge in [-0.3, -0.25) is 0 Å². The molecule has 2 aromatic rings. The second kappa shape index (κ2) is 15.3. The first kappa shape index (κ1) is 35.3. The molecule has 4 rings (SSSR count). The average molecular weight is 657 g/mol. The van der Waals surface area contributed by atoms with Gasteiger partial charge in [0.25, 0.3) is 0 Å². The van der Waals surface area contributed by atoms with Crippen molar-refractivity contribution < 1.29 is 84.7 Å². The van der Waals surface area contributed by atoms with Crippen LogP contribution in [0.2, 0.25) is 0 Å². The summed E-state index contributed by atoms with van der Waals surface area (Å²) in [5, 5.41) is 111. The number of aliphatic hydroxyl groups is 7. The summed E-state index contributed by atoms with van der Waals surface area (Å²) in [6.45, 7) is -2.21. The standard InChI is InChI=1S/C29H36O17/c30-9-19-22(38)23(39)24(40)29(43-19)46-27-25(41)28(42-11-18(36)13-3-5-15(33)17(35)8-13)44-20(10-31)26(27)45-21(37)6-2-12-1-4-14(32)16(34)7-12/h1-8,18-20,22-36,38-41H,9-11H2/b6-2+/t18?,19-,20-,22-,23-,24-,25-,26-,27-,28-,29+/m1/s1. The molecule has 46 heavy (non-hydrogen) atoms. The number of carbonyl (C=O) groups is 1. The largest absolute Gasteiger partial charge is 0.504 e. The smallest absolute Gasteiger partial charge is 0.331 e. The van der Waals surface area contributed by atoms with Crippen molar-refractivity contribution in [3.8, 4) is 23.0 Å². The van der Waals surface area contributed by atoms with Gasteiger partial charge in [0.1, 0.15) is 48.8 Å². The summed E-state index contributed by atoms with van der Waals surface area (Å²) in [4.78, 5) is 12.8. The first-order chi connectivity index (χ1) is 21.8. The molecule has 254 valence electrons. The van der Waals surface area contributed by atoms with E-state index in [4.69, 9.17) is 23.7 Å². The molecule has 2 aromatic carbocycles. The van der Waals surface area contributed by atoms with Gasteiger partial charge in [0, 0.05) is 6.08 Å². The van der Waals surface area contributed by atoms with Crippen molar-refractivity contribution in [2.75, 3.05) is 19.8 Å². The van der Waals surface area contributed by atoms with E-state index < -0.39 is 116 Å². The fourth-order valence-electron chi connectivity index (χ4n) is 4.82. The molecule has 0 saturated carbocycles. The van der Waals surface area contributed by atoms with Gasteiger partial charge in [-0.05, 0) is 41.5 Å². The number of benzene rings is 2. The molecule has 2 aliphatic heterocycles. The predicted octanol–water partition coefficient (Wildman–Crippen LogP) is -2.55. The first-order valence-corrected chi connectivity index (χ1v) is 14.0. The maximum atomic E-state index is 12.8. The number of hydrogen-bond acceptors (Lipinski definition) is 17. The van der Waals surface area contributed by atoms with Crippen LogP contribution in [0.3, 0.4) is 0 Å². The minimum atomic E-state index is -1.93. The maximum Gasteiger partial charge on any atom is 0.331 e. The zero-order chi connectivity index (χ0) is 33.7. The van der Waals surface area contributed by atoms with E-state index in [-0.39, 0.29) is 11.1 Å². The Morgan fingerprint density at radius 3 is 2.02 bits per heavy atom. The SMILES string of the molecule is O=C(/C=C/c1ccc(O)c(O)c1)O[C@H]1[C@H](O[C@@H]2O[C@H](CO)[C@@H](O)[C@@H](O)[C@H]2O)[C@@H](O)[C@H](OCC(O)c2ccc(O)c(O)c2)O[C@@H]1CO. The third-order valence-corrected chi connectivity index (χ3v) is 7.40. The van der Waals surface area contributed by atoms with Crippen molar-refractivity contribution in [2.24, 2.45) is 0 Å². The molecule has 2 aliphatic rings. The number of aliphatic hydroxyl groups excluding tert-OH is 7. The number of hydrogen-bond donors (Lipinski definition) is 11. The molecule has 11 atom stereocenters. The van der Waals surface area contributed by atoms with Crippen LogP contribution < -0.4 is 0 Å². The topological polar surface area (TPSA) is 286 Å². The number of ether oxygens (including phenoxy) is 5. The van der Waals surface area contributed by atoms with E-state index in [0.29, 0.717) is 0 Å². The summed E-state index contributed by atoms with van der Waals surface area (Å²) in [7, 11) is 0. The number of esters is 1. The number of carbonyl (C=O) groups excluding carboxylic acids is 1. The highest BCUT2D eigenvalue weighted by atomic mass is 16.7. The monoisotopic (exact) mass is 656 g/mol. The molecule has 11 N–H and O–H groups in total. The van der Waals surface area contributed by atoms with Crippen molar-refractivity contribution in [1.29, 1.82) is 0 Å². The Balaban J connectivity index is 1.56. The van der Waals surface area contributed by atoms with Crippen LogP contribution in [0.4, 0.5) is 0 Å². The normalized spacial score (nSPS) is 32.3. The van der Waals surface area contributed by atoms with Gasteiger partial charge in [-0.1, -0.05) is 12.1 Å². The molecular weight excluding hydrogens is 620 g/mol. The van der Waals surface area contributed by atoms with Gasteiger partial charge < -0.3 is 79.9 Å². The quantitative estimate of drug-likeness (QED) is 0.0674. The van der Waals surface area contributed by atoms with Gasteiger partial charge in [0.05, 0.1) is 19.8 Å². The maximum absolute atomic E-state index is 12.8. The van der Waals surface area contributed by atoms with Gasteiger partial charge in [-0.2, -0.15) is 0 Å². The Kier molecular flexibility index (Phi) is 11.8. The summed E-state index contributed by atoms with van der Waals surface area (Å²) in [6.07, 6.45) is -16.4. The minimum Gasteiger partial charge on any atom is -0.504 e. The van der Waals surface area contributed by atoms with Crippen LogP contribution >= 0.6 is 0 Å². The Bertz CT molecular complexity index is 1350. The van der Waals surface area contributed by atoms with Crippen molar-refractivity contribution >= 4 is 12.0 Å². The van der Waals surface area contributed by atoms with Crippen LogP contribution in [-0.4, -0.2) is 143 Å². The number of aromatic hydroxyl groups is 4. The van der Waals surface area contributed by atoms with E-state index in [0.717, 1.165) is 24.3 Å². The van der Waals surface area contributed by atoms with Gasteiger partial charge >= 0.3 is 5.97 Å². The average Bonchev–Trinajstić information content (AvgIpc) is 3.03. The Hall–Kier alpha value is -3.59. The first-order valence-electron chi connectivity index (χ1n) is 14.0. The molecule has 0 spiro atoms. The molecular formula is C29H36O17. The number of phenolic OH excluding ortho intramolecular Hbond substituents is 4. The lowest BCUT2D eigenvalue weighted by atomic mass is 9.96. The molecule has 0 radical (unpaired) electrons. The predicted molar refractivity (Wildman–Crippen MR) is 150 cm³/mol. The van der Waals surface area contributed by atoms with Gasteiger partial charge in [-0.15, -0.1) is 0 Å². The van der Waals surface area contributed by atoms with E-state index >= 15 is 0 Å². The second-order valence-corrected chi connectivity index (χ2v) is 10.6. The summed E-state index contributed by atoms with van der Waals surface area (Å²) in [5.74, 6) is -2.85. The zero-order valence-electron chi connectivity index (χ0n) is 24.0. The number of phenols is 4. The lowest BCUT2D eigenvalue weighted by molar-refractivity contribution is -0.361. The van der Waals surface area contributed by atoms with Crippen LogP contribution in [0.1, 0.15) is 17.2 Å². The van der Waals surface area contributed by atoms with Crippen LogP contribution in [0.15, 0.2) is 42.5 Å². The Morgan fingerprint density at radius 1 is 0.761 bits per heavy atom. The summed E-state index contributed by atoms with van der Waals surface area (Å²) < 4.78 is 27.7.